The Balaban J connectivity index is 2.87. The molecule has 82 valence electrons. The zero-order valence-electron chi connectivity index (χ0n) is 8.62. The van der Waals surface area contributed by atoms with Crippen molar-refractivity contribution in [3.05, 3.63) is 35.1 Å². The average molecular weight is 220 g/mol. The predicted molar refractivity (Wildman–Crippen MR) is 55.3 cm³/mol. The van der Waals surface area contributed by atoms with Gasteiger partial charge in [0.15, 0.2) is 0 Å². The van der Waals surface area contributed by atoms with Crippen LogP contribution in [0.25, 0.3) is 0 Å². The highest BCUT2D eigenvalue weighted by atomic mass is 19.1. The molecule has 0 fully saturated rings. The molecule has 0 heterocycles. The monoisotopic (exact) mass is 220 g/mol. The molecule has 0 aliphatic carbocycles. The topological polar surface area (TPSA) is 43.4 Å². The Bertz CT molecular complexity index is 469. The quantitative estimate of drug-likeness (QED) is 0.431. The maximum absolute atomic E-state index is 13.2. The third-order valence-electron chi connectivity index (χ3n) is 1.81. The number of rotatable bonds is 2. The standard InChI is InChI=1S/C12H9FO3/c1-16-12(15)4-2-3-10-7-9(8-14)5-6-11(10)13/h5-8H,4H2,1H3. The van der Waals surface area contributed by atoms with E-state index in [2.05, 4.69) is 16.6 Å². The van der Waals surface area contributed by atoms with Gasteiger partial charge in [-0.1, -0.05) is 11.8 Å². The van der Waals surface area contributed by atoms with Crippen LogP contribution in [0.5, 0.6) is 0 Å². The second kappa shape index (κ2) is 5.66. The van der Waals surface area contributed by atoms with E-state index in [0.29, 0.717) is 11.8 Å². The summed E-state index contributed by atoms with van der Waals surface area (Å²) in [5, 5.41) is 0. The molecule has 0 aliphatic rings. The second-order valence-corrected chi connectivity index (χ2v) is 2.91. The Kier molecular flexibility index (Phi) is 4.22. The van der Waals surface area contributed by atoms with E-state index in [-0.39, 0.29) is 12.0 Å². The van der Waals surface area contributed by atoms with Crippen molar-refractivity contribution in [2.24, 2.45) is 0 Å². The molecule has 0 saturated carbocycles. The SMILES string of the molecule is COC(=O)CC#Cc1cc(C=O)ccc1F. The van der Waals surface area contributed by atoms with Crippen LogP contribution < -0.4 is 0 Å². The maximum atomic E-state index is 13.2. The van der Waals surface area contributed by atoms with Gasteiger partial charge in [-0.05, 0) is 18.2 Å². The summed E-state index contributed by atoms with van der Waals surface area (Å²) in [4.78, 5) is 21.2. The predicted octanol–water partition coefficient (Wildman–Crippen LogP) is 1.55. The zero-order chi connectivity index (χ0) is 12.0. The lowest BCUT2D eigenvalue weighted by Crippen LogP contribution is -1.97. The number of hydrogen-bond donors (Lipinski definition) is 0. The summed E-state index contributed by atoms with van der Waals surface area (Å²) >= 11 is 0. The number of aldehydes is 1. The molecule has 0 radical (unpaired) electrons. The molecule has 1 aromatic rings. The van der Waals surface area contributed by atoms with Gasteiger partial charge in [0.2, 0.25) is 0 Å². The van der Waals surface area contributed by atoms with Crippen LogP contribution in [0.4, 0.5) is 4.39 Å². The van der Waals surface area contributed by atoms with Crippen LogP contribution >= 0.6 is 0 Å². The number of esters is 1. The molecule has 0 aromatic heterocycles. The van der Waals surface area contributed by atoms with Crippen molar-refractivity contribution >= 4 is 12.3 Å². The highest BCUT2D eigenvalue weighted by Crippen LogP contribution is 2.07. The fourth-order valence-corrected chi connectivity index (χ4v) is 0.996. The van der Waals surface area contributed by atoms with Crippen LogP contribution in [-0.4, -0.2) is 19.4 Å². The van der Waals surface area contributed by atoms with Gasteiger partial charge < -0.3 is 4.74 Å². The van der Waals surface area contributed by atoms with E-state index in [1.807, 2.05) is 0 Å². The van der Waals surface area contributed by atoms with Crippen LogP contribution in [0, 0.1) is 17.7 Å². The smallest absolute Gasteiger partial charge is 0.317 e. The highest BCUT2D eigenvalue weighted by Gasteiger charge is 2.00. The molecule has 0 aliphatic heterocycles. The van der Waals surface area contributed by atoms with E-state index in [1.54, 1.807) is 0 Å². The lowest BCUT2D eigenvalue weighted by Gasteiger charge is -1.95. The van der Waals surface area contributed by atoms with E-state index >= 15 is 0 Å². The fraction of sp³-hybridized carbons (Fsp3) is 0.167. The van der Waals surface area contributed by atoms with E-state index in [1.165, 1.54) is 19.2 Å². The summed E-state index contributed by atoms with van der Waals surface area (Å²) in [7, 11) is 1.25. The Hall–Kier alpha value is -2.15. The van der Waals surface area contributed by atoms with Gasteiger partial charge in [0.25, 0.3) is 0 Å². The minimum absolute atomic E-state index is 0.0912. The summed E-state index contributed by atoms with van der Waals surface area (Å²) in [5.41, 5.74) is 0.428. The molecular weight excluding hydrogens is 211 g/mol. The van der Waals surface area contributed by atoms with Crippen LogP contribution in [-0.2, 0) is 9.53 Å². The number of carbonyl (C=O) groups excluding carboxylic acids is 2. The molecule has 0 bridgehead atoms. The molecule has 0 spiro atoms. The summed E-state index contributed by atoms with van der Waals surface area (Å²) in [5.74, 6) is 3.92. The van der Waals surface area contributed by atoms with Crippen LogP contribution in [0.1, 0.15) is 22.3 Å². The Morgan fingerprint density at radius 1 is 1.56 bits per heavy atom. The van der Waals surface area contributed by atoms with Crippen molar-refractivity contribution in [1.82, 2.24) is 0 Å². The van der Waals surface area contributed by atoms with Gasteiger partial charge in [0, 0.05) is 5.56 Å². The third-order valence-corrected chi connectivity index (χ3v) is 1.81. The lowest BCUT2D eigenvalue weighted by molar-refractivity contribution is -0.139. The van der Waals surface area contributed by atoms with Gasteiger partial charge in [0.1, 0.15) is 18.5 Å². The van der Waals surface area contributed by atoms with Gasteiger partial charge in [-0.25, -0.2) is 4.39 Å². The van der Waals surface area contributed by atoms with Crippen LogP contribution in [0.2, 0.25) is 0 Å². The van der Waals surface area contributed by atoms with Crippen LogP contribution in [0.15, 0.2) is 18.2 Å². The first-order valence-electron chi connectivity index (χ1n) is 4.47. The zero-order valence-corrected chi connectivity index (χ0v) is 8.62. The van der Waals surface area contributed by atoms with Crippen LogP contribution in [0.3, 0.4) is 0 Å². The van der Waals surface area contributed by atoms with Crippen molar-refractivity contribution in [3.63, 3.8) is 0 Å². The van der Waals surface area contributed by atoms with Gasteiger partial charge in [-0.2, -0.15) is 0 Å². The number of ether oxygens (including phenoxy) is 1. The van der Waals surface area contributed by atoms with Gasteiger partial charge in [0.05, 0.1) is 12.7 Å². The molecular formula is C12H9FO3. The van der Waals surface area contributed by atoms with Crippen molar-refractivity contribution in [3.8, 4) is 11.8 Å². The van der Waals surface area contributed by atoms with E-state index < -0.39 is 11.8 Å². The van der Waals surface area contributed by atoms with E-state index in [4.69, 9.17) is 0 Å². The number of methoxy groups -OCH3 is 1. The summed E-state index contributed by atoms with van der Waals surface area (Å²) in [6.07, 6.45) is 0.492. The normalized spacial score (nSPS) is 8.88. The molecule has 0 atom stereocenters. The second-order valence-electron chi connectivity index (χ2n) is 2.91. The number of benzene rings is 1. The molecule has 4 heteroatoms. The number of halogens is 1. The molecule has 16 heavy (non-hydrogen) atoms. The minimum atomic E-state index is -0.525. The van der Waals surface area contributed by atoms with E-state index in [9.17, 15) is 14.0 Å². The van der Waals surface area contributed by atoms with Gasteiger partial charge >= 0.3 is 5.97 Å². The van der Waals surface area contributed by atoms with Crippen molar-refractivity contribution in [2.45, 2.75) is 6.42 Å². The molecule has 0 N–H and O–H groups in total. The van der Waals surface area contributed by atoms with Crippen molar-refractivity contribution in [2.75, 3.05) is 7.11 Å². The molecule has 1 rings (SSSR count). The summed E-state index contributed by atoms with van der Waals surface area (Å²) in [6, 6.07) is 3.84. The largest absolute Gasteiger partial charge is 0.468 e. The molecule has 0 unspecified atom stereocenters. The van der Waals surface area contributed by atoms with Gasteiger partial charge in [-0.3, -0.25) is 9.59 Å². The Morgan fingerprint density at radius 3 is 2.94 bits per heavy atom. The molecule has 1 aromatic carbocycles. The maximum Gasteiger partial charge on any atom is 0.317 e. The fourth-order valence-electron chi connectivity index (χ4n) is 0.996. The Labute approximate surface area is 92.2 Å². The first-order valence-corrected chi connectivity index (χ1v) is 4.47. The number of hydrogen-bond acceptors (Lipinski definition) is 3. The van der Waals surface area contributed by atoms with Gasteiger partial charge in [-0.15, -0.1) is 0 Å². The average Bonchev–Trinajstić information content (AvgIpc) is 2.31. The number of carbonyl (C=O) groups is 2. The van der Waals surface area contributed by atoms with Crippen molar-refractivity contribution in [1.29, 1.82) is 0 Å². The molecule has 0 saturated heterocycles. The third kappa shape index (κ3) is 3.21. The van der Waals surface area contributed by atoms with Crippen molar-refractivity contribution < 1.29 is 18.7 Å². The first kappa shape index (κ1) is 11.9. The molecule has 0 amide bonds. The first-order chi connectivity index (χ1) is 7.67. The molecule has 3 nitrogen and oxygen atoms in total. The summed E-state index contributed by atoms with van der Waals surface area (Å²) < 4.78 is 17.5. The lowest BCUT2D eigenvalue weighted by atomic mass is 10.1. The van der Waals surface area contributed by atoms with E-state index in [0.717, 1.165) is 6.07 Å². The minimum Gasteiger partial charge on any atom is -0.468 e. The highest BCUT2D eigenvalue weighted by molar-refractivity contribution is 5.76. The summed E-state index contributed by atoms with van der Waals surface area (Å²) in [6.45, 7) is 0. The Morgan fingerprint density at radius 2 is 2.31 bits per heavy atom.